The molecule has 0 aromatic heterocycles. The van der Waals surface area contributed by atoms with Gasteiger partial charge in [0, 0.05) is 38.3 Å². The van der Waals surface area contributed by atoms with E-state index in [4.69, 9.17) is 5.73 Å². The molecule has 0 aromatic rings. The Hall–Kier alpha value is -0.120. The van der Waals surface area contributed by atoms with Crippen LogP contribution in [0.25, 0.3) is 0 Å². The fourth-order valence-electron chi connectivity index (χ4n) is 2.55. The van der Waals surface area contributed by atoms with Gasteiger partial charge in [0.25, 0.3) is 0 Å². The van der Waals surface area contributed by atoms with Gasteiger partial charge in [0.05, 0.1) is 0 Å². The zero-order valence-electron chi connectivity index (χ0n) is 10.7. The van der Waals surface area contributed by atoms with Gasteiger partial charge >= 0.3 is 0 Å². The lowest BCUT2D eigenvalue weighted by Crippen LogP contribution is -2.57. The molecular formula is C12H27N3. The van der Waals surface area contributed by atoms with E-state index in [1.54, 1.807) is 0 Å². The monoisotopic (exact) mass is 213 g/mol. The van der Waals surface area contributed by atoms with Gasteiger partial charge < -0.3 is 10.6 Å². The predicted molar refractivity (Wildman–Crippen MR) is 66.0 cm³/mol. The summed E-state index contributed by atoms with van der Waals surface area (Å²) in [4.78, 5) is 5.06. The summed E-state index contributed by atoms with van der Waals surface area (Å²) >= 11 is 0. The molecule has 0 aromatic carbocycles. The Morgan fingerprint density at radius 3 is 2.47 bits per heavy atom. The van der Waals surface area contributed by atoms with Crippen LogP contribution in [0, 0.1) is 5.92 Å². The number of likely N-dealkylation sites (N-methyl/N-ethyl adjacent to an activating group) is 1. The highest BCUT2D eigenvalue weighted by atomic mass is 15.3. The molecule has 0 bridgehead atoms. The Kier molecular flexibility index (Phi) is 5.03. The van der Waals surface area contributed by atoms with Crippen LogP contribution < -0.4 is 5.73 Å². The van der Waals surface area contributed by atoms with Crippen molar-refractivity contribution >= 4 is 0 Å². The molecular weight excluding hydrogens is 186 g/mol. The van der Waals surface area contributed by atoms with Crippen LogP contribution in [0.4, 0.5) is 0 Å². The SMILES string of the molecule is CCC1CN(C(CN)C(C)C)CCN1C. The molecule has 0 spiro atoms. The summed E-state index contributed by atoms with van der Waals surface area (Å²) in [5, 5.41) is 0. The molecule has 1 heterocycles. The summed E-state index contributed by atoms with van der Waals surface area (Å²) in [6, 6.07) is 1.28. The summed E-state index contributed by atoms with van der Waals surface area (Å²) in [5.41, 5.74) is 5.87. The first-order valence-corrected chi connectivity index (χ1v) is 6.24. The van der Waals surface area contributed by atoms with Gasteiger partial charge in [0.2, 0.25) is 0 Å². The third-order valence-corrected chi connectivity index (χ3v) is 3.76. The first-order valence-electron chi connectivity index (χ1n) is 6.24. The van der Waals surface area contributed by atoms with Crippen LogP contribution in [0.15, 0.2) is 0 Å². The maximum Gasteiger partial charge on any atom is 0.0242 e. The molecule has 1 rings (SSSR count). The molecule has 2 N–H and O–H groups in total. The number of hydrogen-bond donors (Lipinski definition) is 1. The van der Waals surface area contributed by atoms with Crippen molar-refractivity contribution in [2.75, 3.05) is 33.2 Å². The van der Waals surface area contributed by atoms with E-state index in [1.165, 1.54) is 26.1 Å². The Morgan fingerprint density at radius 1 is 1.33 bits per heavy atom. The maximum atomic E-state index is 5.87. The zero-order chi connectivity index (χ0) is 11.4. The van der Waals surface area contributed by atoms with E-state index in [-0.39, 0.29) is 0 Å². The fourth-order valence-corrected chi connectivity index (χ4v) is 2.55. The Morgan fingerprint density at radius 2 is 2.00 bits per heavy atom. The van der Waals surface area contributed by atoms with Gasteiger partial charge in [-0.1, -0.05) is 20.8 Å². The summed E-state index contributed by atoms with van der Waals surface area (Å²) < 4.78 is 0. The summed E-state index contributed by atoms with van der Waals surface area (Å²) in [7, 11) is 2.23. The van der Waals surface area contributed by atoms with Crippen LogP contribution in [0.1, 0.15) is 27.2 Å². The lowest BCUT2D eigenvalue weighted by atomic mass is 10.00. The van der Waals surface area contributed by atoms with E-state index in [0.29, 0.717) is 18.0 Å². The maximum absolute atomic E-state index is 5.87. The zero-order valence-corrected chi connectivity index (χ0v) is 10.7. The van der Waals surface area contributed by atoms with Crippen molar-refractivity contribution in [1.29, 1.82) is 0 Å². The third kappa shape index (κ3) is 3.16. The lowest BCUT2D eigenvalue weighted by Gasteiger charge is -2.43. The van der Waals surface area contributed by atoms with E-state index in [9.17, 15) is 0 Å². The first-order chi connectivity index (χ1) is 7.10. The fraction of sp³-hybridized carbons (Fsp3) is 1.00. The Bertz CT molecular complexity index is 182. The van der Waals surface area contributed by atoms with Crippen LogP contribution in [0.2, 0.25) is 0 Å². The first kappa shape index (κ1) is 12.9. The summed E-state index contributed by atoms with van der Waals surface area (Å²) in [5.74, 6) is 0.663. The molecule has 1 aliphatic rings. The van der Waals surface area contributed by atoms with Crippen molar-refractivity contribution in [2.24, 2.45) is 11.7 Å². The molecule has 3 nitrogen and oxygen atoms in total. The highest BCUT2D eigenvalue weighted by Gasteiger charge is 2.28. The van der Waals surface area contributed by atoms with Gasteiger partial charge in [-0.25, -0.2) is 0 Å². The third-order valence-electron chi connectivity index (χ3n) is 3.76. The normalized spacial score (nSPS) is 27.2. The molecule has 0 saturated carbocycles. The number of hydrogen-bond acceptors (Lipinski definition) is 3. The minimum atomic E-state index is 0.563. The lowest BCUT2D eigenvalue weighted by molar-refractivity contribution is 0.0497. The van der Waals surface area contributed by atoms with Crippen LogP contribution >= 0.6 is 0 Å². The largest absolute Gasteiger partial charge is 0.329 e. The van der Waals surface area contributed by atoms with Crippen LogP contribution in [-0.4, -0.2) is 55.1 Å². The quantitative estimate of drug-likeness (QED) is 0.756. The predicted octanol–water partition coefficient (Wildman–Crippen LogP) is 0.996. The van der Waals surface area contributed by atoms with E-state index in [0.717, 1.165) is 6.54 Å². The van der Waals surface area contributed by atoms with Crippen molar-refractivity contribution in [3.05, 3.63) is 0 Å². The van der Waals surface area contributed by atoms with Crippen molar-refractivity contribution in [3.8, 4) is 0 Å². The Balaban J connectivity index is 2.56. The van der Waals surface area contributed by atoms with Crippen molar-refractivity contribution < 1.29 is 0 Å². The second kappa shape index (κ2) is 5.83. The molecule has 0 amide bonds. The van der Waals surface area contributed by atoms with E-state index in [2.05, 4.69) is 37.6 Å². The van der Waals surface area contributed by atoms with Crippen molar-refractivity contribution in [3.63, 3.8) is 0 Å². The number of piperazine rings is 1. The molecule has 0 radical (unpaired) electrons. The van der Waals surface area contributed by atoms with Crippen molar-refractivity contribution in [2.45, 2.75) is 39.3 Å². The van der Waals surface area contributed by atoms with E-state index < -0.39 is 0 Å². The van der Waals surface area contributed by atoms with Gasteiger partial charge in [-0.2, -0.15) is 0 Å². The Labute approximate surface area is 94.6 Å². The molecule has 15 heavy (non-hydrogen) atoms. The van der Waals surface area contributed by atoms with Gasteiger partial charge in [0.15, 0.2) is 0 Å². The van der Waals surface area contributed by atoms with Crippen molar-refractivity contribution in [1.82, 2.24) is 9.80 Å². The molecule has 90 valence electrons. The molecule has 0 aliphatic carbocycles. The highest BCUT2D eigenvalue weighted by molar-refractivity contribution is 4.85. The molecule has 1 fully saturated rings. The number of nitrogens with zero attached hydrogens (tertiary/aromatic N) is 2. The topological polar surface area (TPSA) is 32.5 Å². The van der Waals surface area contributed by atoms with Gasteiger partial charge in [-0.15, -0.1) is 0 Å². The molecule has 3 heteroatoms. The molecule has 1 aliphatic heterocycles. The summed E-state index contributed by atoms with van der Waals surface area (Å²) in [6.07, 6.45) is 1.24. The number of nitrogens with two attached hydrogens (primary N) is 1. The minimum Gasteiger partial charge on any atom is -0.329 e. The van der Waals surface area contributed by atoms with Crippen LogP contribution in [-0.2, 0) is 0 Å². The van der Waals surface area contributed by atoms with Gasteiger partial charge in [-0.3, -0.25) is 4.90 Å². The van der Waals surface area contributed by atoms with Crippen LogP contribution in [0.3, 0.4) is 0 Å². The molecule has 2 atom stereocenters. The second-order valence-electron chi connectivity index (χ2n) is 5.08. The average Bonchev–Trinajstić information content (AvgIpc) is 2.21. The smallest absolute Gasteiger partial charge is 0.0242 e. The average molecular weight is 213 g/mol. The van der Waals surface area contributed by atoms with E-state index in [1.807, 2.05) is 0 Å². The number of rotatable bonds is 4. The molecule has 1 saturated heterocycles. The van der Waals surface area contributed by atoms with Gasteiger partial charge in [-0.05, 0) is 19.4 Å². The highest BCUT2D eigenvalue weighted by Crippen LogP contribution is 2.17. The van der Waals surface area contributed by atoms with Crippen LogP contribution in [0.5, 0.6) is 0 Å². The molecule has 2 unspecified atom stereocenters. The standard InChI is InChI=1S/C12H27N3/c1-5-11-9-15(7-6-14(11)4)12(8-13)10(2)3/h10-12H,5-9,13H2,1-4H3. The van der Waals surface area contributed by atoms with E-state index >= 15 is 0 Å². The van der Waals surface area contributed by atoms with Gasteiger partial charge in [0.1, 0.15) is 0 Å². The second-order valence-corrected chi connectivity index (χ2v) is 5.08. The minimum absolute atomic E-state index is 0.563. The summed E-state index contributed by atoms with van der Waals surface area (Å²) in [6.45, 7) is 11.2.